The molecule has 18 heavy (non-hydrogen) atoms. The molecule has 0 radical (unpaired) electrons. The van der Waals surface area contributed by atoms with Crippen LogP contribution in [0.1, 0.15) is 35.6 Å². The van der Waals surface area contributed by atoms with E-state index in [2.05, 4.69) is 29.1 Å². The van der Waals surface area contributed by atoms with Crippen molar-refractivity contribution in [2.24, 2.45) is 5.92 Å². The molecule has 4 heteroatoms. The minimum Gasteiger partial charge on any atom is -0.481 e. The second-order valence-electron chi connectivity index (χ2n) is 5.24. The molecule has 2 unspecified atom stereocenters. The van der Waals surface area contributed by atoms with E-state index >= 15 is 0 Å². The standard InChI is InChI=1S/C14H18N2O2/c17-13(18)7-12-8-15-16-14(12)11-5-4-9-2-1-3-10(9)6-11/h4-6,12,14-16H,1-3,7-8H2,(H,17,18). The van der Waals surface area contributed by atoms with Crippen LogP contribution in [0.15, 0.2) is 18.2 Å². The maximum Gasteiger partial charge on any atom is 0.303 e. The largest absolute Gasteiger partial charge is 0.481 e. The normalized spacial score (nSPS) is 26.2. The van der Waals surface area contributed by atoms with Crippen molar-refractivity contribution < 1.29 is 9.90 Å². The highest BCUT2D eigenvalue weighted by atomic mass is 16.4. The van der Waals surface area contributed by atoms with E-state index in [9.17, 15) is 4.79 Å². The zero-order valence-corrected chi connectivity index (χ0v) is 10.3. The molecule has 0 bridgehead atoms. The van der Waals surface area contributed by atoms with Gasteiger partial charge in [0.05, 0.1) is 12.5 Å². The van der Waals surface area contributed by atoms with Crippen LogP contribution in [0.4, 0.5) is 0 Å². The first-order valence-corrected chi connectivity index (χ1v) is 6.56. The number of fused-ring (bicyclic) bond motifs is 1. The summed E-state index contributed by atoms with van der Waals surface area (Å²) in [6, 6.07) is 6.72. The lowest BCUT2D eigenvalue weighted by atomic mass is 9.91. The fourth-order valence-corrected chi connectivity index (χ4v) is 3.09. The van der Waals surface area contributed by atoms with Crippen LogP contribution in [-0.2, 0) is 17.6 Å². The van der Waals surface area contributed by atoms with Crippen molar-refractivity contribution in [3.63, 3.8) is 0 Å². The number of carboxylic acid groups (broad SMARTS) is 1. The number of nitrogens with one attached hydrogen (secondary N) is 2. The predicted molar refractivity (Wildman–Crippen MR) is 68.1 cm³/mol. The quantitative estimate of drug-likeness (QED) is 0.754. The van der Waals surface area contributed by atoms with E-state index in [1.807, 2.05) is 0 Å². The van der Waals surface area contributed by atoms with Gasteiger partial charge in [-0.3, -0.25) is 10.2 Å². The zero-order chi connectivity index (χ0) is 12.5. The third-order valence-corrected chi connectivity index (χ3v) is 4.01. The van der Waals surface area contributed by atoms with E-state index in [-0.39, 0.29) is 18.4 Å². The van der Waals surface area contributed by atoms with E-state index in [0.29, 0.717) is 6.54 Å². The Morgan fingerprint density at radius 2 is 2.17 bits per heavy atom. The number of aryl methyl sites for hydroxylation is 2. The number of carbonyl (C=O) groups is 1. The van der Waals surface area contributed by atoms with E-state index in [0.717, 1.165) is 6.42 Å². The van der Waals surface area contributed by atoms with Crippen LogP contribution >= 0.6 is 0 Å². The van der Waals surface area contributed by atoms with E-state index in [1.165, 1.54) is 29.5 Å². The number of hydrogen-bond acceptors (Lipinski definition) is 3. The lowest BCUT2D eigenvalue weighted by Crippen LogP contribution is -2.25. The molecular formula is C14H18N2O2. The second kappa shape index (κ2) is 4.71. The molecule has 0 saturated carbocycles. The molecule has 0 spiro atoms. The molecule has 3 rings (SSSR count). The van der Waals surface area contributed by atoms with Gasteiger partial charge in [-0.1, -0.05) is 18.2 Å². The van der Waals surface area contributed by atoms with Gasteiger partial charge in [0.15, 0.2) is 0 Å². The molecule has 96 valence electrons. The number of hydrogen-bond donors (Lipinski definition) is 3. The van der Waals surface area contributed by atoms with Crippen LogP contribution in [0.5, 0.6) is 0 Å². The number of aliphatic carboxylic acids is 1. The van der Waals surface area contributed by atoms with Gasteiger partial charge in [0, 0.05) is 12.5 Å². The highest BCUT2D eigenvalue weighted by molar-refractivity contribution is 5.67. The Morgan fingerprint density at radius 1 is 1.33 bits per heavy atom. The Morgan fingerprint density at radius 3 is 3.00 bits per heavy atom. The van der Waals surface area contributed by atoms with Gasteiger partial charge in [0.25, 0.3) is 0 Å². The van der Waals surface area contributed by atoms with Gasteiger partial charge in [0.1, 0.15) is 0 Å². The van der Waals surface area contributed by atoms with Gasteiger partial charge in [-0.25, -0.2) is 5.43 Å². The summed E-state index contributed by atoms with van der Waals surface area (Å²) in [5.41, 5.74) is 10.4. The number of hydrazine groups is 1. The van der Waals surface area contributed by atoms with Crippen molar-refractivity contribution >= 4 is 5.97 Å². The summed E-state index contributed by atoms with van der Waals surface area (Å²) in [4.78, 5) is 10.9. The molecule has 1 aliphatic carbocycles. The topological polar surface area (TPSA) is 61.4 Å². The molecule has 1 aliphatic heterocycles. The fraction of sp³-hybridized carbons (Fsp3) is 0.500. The van der Waals surface area contributed by atoms with Gasteiger partial charge in [-0.2, -0.15) is 0 Å². The Balaban J connectivity index is 1.83. The van der Waals surface area contributed by atoms with Crippen LogP contribution in [0, 0.1) is 5.92 Å². The fourth-order valence-electron chi connectivity index (χ4n) is 3.09. The summed E-state index contributed by atoms with van der Waals surface area (Å²) in [6.45, 7) is 0.716. The summed E-state index contributed by atoms with van der Waals surface area (Å²) in [5, 5.41) is 8.94. The molecule has 3 N–H and O–H groups in total. The van der Waals surface area contributed by atoms with Gasteiger partial charge in [-0.15, -0.1) is 0 Å². The van der Waals surface area contributed by atoms with Gasteiger partial charge in [0.2, 0.25) is 0 Å². The van der Waals surface area contributed by atoms with Crippen LogP contribution < -0.4 is 10.9 Å². The summed E-state index contributed by atoms with van der Waals surface area (Å²) < 4.78 is 0. The average Bonchev–Trinajstić information content (AvgIpc) is 2.95. The first-order valence-electron chi connectivity index (χ1n) is 6.56. The van der Waals surface area contributed by atoms with E-state index in [4.69, 9.17) is 5.11 Å². The van der Waals surface area contributed by atoms with Crippen LogP contribution in [0.25, 0.3) is 0 Å². The molecule has 2 aliphatic rings. The summed E-state index contributed by atoms with van der Waals surface area (Å²) in [5.74, 6) is -0.599. The maximum absolute atomic E-state index is 10.9. The Hall–Kier alpha value is -1.39. The van der Waals surface area contributed by atoms with Crippen molar-refractivity contribution in [2.45, 2.75) is 31.7 Å². The number of carboxylic acids is 1. The molecule has 4 nitrogen and oxygen atoms in total. The van der Waals surface area contributed by atoms with Crippen molar-refractivity contribution in [3.8, 4) is 0 Å². The molecule has 1 aromatic rings. The maximum atomic E-state index is 10.9. The zero-order valence-electron chi connectivity index (χ0n) is 10.3. The van der Waals surface area contributed by atoms with Crippen molar-refractivity contribution in [2.75, 3.05) is 6.54 Å². The monoisotopic (exact) mass is 246 g/mol. The smallest absolute Gasteiger partial charge is 0.303 e. The minimum atomic E-state index is -0.725. The summed E-state index contributed by atoms with van der Waals surface area (Å²) >= 11 is 0. The van der Waals surface area contributed by atoms with Crippen LogP contribution in [0.2, 0.25) is 0 Å². The molecule has 0 amide bonds. The third kappa shape index (κ3) is 2.13. The lowest BCUT2D eigenvalue weighted by Gasteiger charge is -2.18. The number of benzene rings is 1. The molecule has 2 atom stereocenters. The van der Waals surface area contributed by atoms with Crippen LogP contribution in [0.3, 0.4) is 0 Å². The number of rotatable bonds is 3. The van der Waals surface area contributed by atoms with Gasteiger partial charge >= 0.3 is 5.97 Å². The molecule has 1 heterocycles. The second-order valence-corrected chi connectivity index (χ2v) is 5.24. The third-order valence-electron chi connectivity index (χ3n) is 4.01. The molecule has 1 saturated heterocycles. The van der Waals surface area contributed by atoms with E-state index in [1.54, 1.807) is 0 Å². The molecular weight excluding hydrogens is 228 g/mol. The average molecular weight is 246 g/mol. The van der Waals surface area contributed by atoms with E-state index < -0.39 is 5.97 Å². The molecule has 0 aromatic heterocycles. The predicted octanol–water partition coefficient (Wildman–Crippen LogP) is 1.42. The van der Waals surface area contributed by atoms with Crippen LogP contribution in [-0.4, -0.2) is 17.6 Å². The highest BCUT2D eigenvalue weighted by Crippen LogP contribution is 2.31. The van der Waals surface area contributed by atoms with Gasteiger partial charge in [-0.05, 0) is 36.0 Å². The van der Waals surface area contributed by atoms with Crippen molar-refractivity contribution in [1.82, 2.24) is 10.9 Å². The van der Waals surface area contributed by atoms with Gasteiger partial charge < -0.3 is 5.11 Å². The molecule has 1 aromatic carbocycles. The first-order chi connectivity index (χ1) is 8.74. The summed E-state index contributed by atoms with van der Waals surface area (Å²) in [6.07, 6.45) is 3.80. The Labute approximate surface area is 106 Å². The minimum absolute atomic E-state index is 0.118. The van der Waals surface area contributed by atoms with Crippen molar-refractivity contribution in [3.05, 3.63) is 34.9 Å². The SMILES string of the molecule is O=C(O)CC1CNNC1c1ccc2c(c1)CCC2. The highest BCUT2D eigenvalue weighted by Gasteiger charge is 2.30. The summed E-state index contributed by atoms with van der Waals surface area (Å²) in [7, 11) is 0. The molecule has 1 fully saturated rings. The Bertz CT molecular complexity index is 473. The Kier molecular flexibility index (Phi) is 3.06. The first kappa shape index (κ1) is 11.7. The van der Waals surface area contributed by atoms with Crippen molar-refractivity contribution in [1.29, 1.82) is 0 Å². The lowest BCUT2D eigenvalue weighted by molar-refractivity contribution is -0.138.